The molecular formula is C15H16O2. The minimum Gasteiger partial charge on any atom is -0.508 e. The number of rotatable bonds is 1. The molecule has 1 aromatic rings. The first-order chi connectivity index (χ1) is 8.08. The van der Waals surface area contributed by atoms with Gasteiger partial charge in [0.1, 0.15) is 5.76 Å². The summed E-state index contributed by atoms with van der Waals surface area (Å²) in [5.41, 5.74) is 3.99. The van der Waals surface area contributed by atoms with Crippen molar-refractivity contribution in [3.8, 4) is 0 Å². The van der Waals surface area contributed by atoms with Gasteiger partial charge in [0, 0.05) is 0 Å². The summed E-state index contributed by atoms with van der Waals surface area (Å²) >= 11 is 0. The van der Waals surface area contributed by atoms with Gasteiger partial charge in [-0.05, 0) is 48.8 Å². The van der Waals surface area contributed by atoms with Crippen LogP contribution in [0.25, 0.3) is 5.57 Å². The molecule has 1 atom stereocenters. The minimum absolute atomic E-state index is 0.178. The molecule has 2 N–H and O–H groups in total. The molecule has 0 aromatic heterocycles. The van der Waals surface area contributed by atoms with Crippen LogP contribution in [0.2, 0.25) is 0 Å². The first-order valence-corrected chi connectivity index (χ1v) is 5.62. The summed E-state index contributed by atoms with van der Waals surface area (Å²) in [7, 11) is 0. The SMILES string of the molecule is CC(=C1C=C(O)C=CC1O)c1ccc(C)cc1. The topological polar surface area (TPSA) is 40.5 Å². The lowest BCUT2D eigenvalue weighted by molar-refractivity contribution is 0.259. The van der Waals surface area contributed by atoms with Gasteiger partial charge >= 0.3 is 0 Å². The van der Waals surface area contributed by atoms with Crippen molar-refractivity contribution < 1.29 is 10.2 Å². The van der Waals surface area contributed by atoms with E-state index in [1.54, 1.807) is 12.2 Å². The van der Waals surface area contributed by atoms with E-state index in [9.17, 15) is 10.2 Å². The molecule has 0 heterocycles. The van der Waals surface area contributed by atoms with Gasteiger partial charge in [0.15, 0.2) is 0 Å². The molecule has 88 valence electrons. The highest BCUT2D eigenvalue weighted by atomic mass is 16.3. The van der Waals surface area contributed by atoms with Crippen molar-refractivity contribution >= 4 is 5.57 Å². The van der Waals surface area contributed by atoms with Crippen LogP contribution in [0.1, 0.15) is 18.1 Å². The second kappa shape index (κ2) is 4.60. The van der Waals surface area contributed by atoms with Crippen molar-refractivity contribution in [2.45, 2.75) is 20.0 Å². The molecule has 0 spiro atoms. The van der Waals surface area contributed by atoms with Gasteiger partial charge in [0.25, 0.3) is 0 Å². The Morgan fingerprint density at radius 3 is 2.47 bits per heavy atom. The summed E-state index contributed by atoms with van der Waals surface area (Å²) in [6.45, 7) is 3.99. The van der Waals surface area contributed by atoms with E-state index >= 15 is 0 Å². The molecule has 0 bridgehead atoms. The Hall–Kier alpha value is -1.80. The van der Waals surface area contributed by atoms with Gasteiger partial charge in [-0.1, -0.05) is 29.8 Å². The summed E-state index contributed by atoms with van der Waals surface area (Å²) in [6, 6.07) is 8.11. The molecule has 0 saturated heterocycles. The van der Waals surface area contributed by atoms with Gasteiger partial charge < -0.3 is 10.2 Å². The van der Waals surface area contributed by atoms with Crippen molar-refractivity contribution in [2.24, 2.45) is 0 Å². The smallest absolute Gasteiger partial charge is 0.115 e. The molecule has 0 aliphatic heterocycles. The third kappa shape index (κ3) is 2.48. The Morgan fingerprint density at radius 2 is 1.82 bits per heavy atom. The molecule has 2 rings (SSSR count). The zero-order valence-corrected chi connectivity index (χ0v) is 10.0. The highest BCUT2D eigenvalue weighted by Gasteiger charge is 2.14. The van der Waals surface area contributed by atoms with Crippen LogP contribution < -0.4 is 0 Å². The largest absolute Gasteiger partial charge is 0.508 e. The van der Waals surface area contributed by atoms with Crippen LogP contribution in [0, 0.1) is 6.92 Å². The van der Waals surface area contributed by atoms with Gasteiger partial charge in [-0.2, -0.15) is 0 Å². The van der Waals surface area contributed by atoms with Crippen molar-refractivity contribution in [1.29, 1.82) is 0 Å². The van der Waals surface area contributed by atoms with E-state index in [0.29, 0.717) is 0 Å². The van der Waals surface area contributed by atoms with Crippen molar-refractivity contribution in [2.75, 3.05) is 0 Å². The molecule has 0 radical (unpaired) electrons. The third-order valence-electron chi connectivity index (χ3n) is 2.99. The van der Waals surface area contributed by atoms with Crippen LogP contribution in [0.15, 0.2) is 53.8 Å². The molecule has 1 unspecified atom stereocenters. The summed E-state index contributed by atoms with van der Waals surface area (Å²) in [5.74, 6) is 0.178. The molecule has 2 nitrogen and oxygen atoms in total. The maximum atomic E-state index is 9.87. The Morgan fingerprint density at radius 1 is 1.18 bits per heavy atom. The number of allylic oxidation sites excluding steroid dienone is 2. The highest BCUT2D eigenvalue weighted by Crippen LogP contribution is 2.25. The molecule has 17 heavy (non-hydrogen) atoms. The second-order valence-corrected chi connectivity index (χ2v) is 4.32. The van der Waals surface area contributed by atoms with E-state index in [-0.39, 0.29) is 5.76 Å². The predicted octanol–water partition coefficient (Wildman–Crippen LogP) is 3.14. The van der Waals surface area contributed by atoms with Crippen LogP contribution in [-0.4, -0.2) is 16.3 Å². The molecule has 2 heteroatoms. The Balaban J connectivity index is 2.44. The van der Waals surface area contributed by atoms with Crippen molar-refractivity contribution in [1.82, 2.24) is 0 Å². The monoisotopic (exact) mass is 228 g/mol. The lowest BCUT2D eigenvalue weighted by Gasteiger charge is -2.16. The van der Waals surface area contributed by atoms with E-state index in [1.807, 2.05) is 38.1 Å². The first-order valence-electron chi connectivity index (χ1n) is 5.62. The van der Waals surface area contributed by atoms with Gasteiger partial charge in [-0.3, -0.25) is 0 Å². The Labute approximate surface area is 101 Å². The summed E-state index contributed by atoms with van der Waals surface area (Å²) in [5, 5.41) is 19.3. The van der Waals surface area contributed by atoms with Crippen LogP contribution in [0.5, 0.6) is 0 Å². The van der Waals surface area contributed by atoms with Gasteiger partial charge in [-0.25, -0.2) is 0 Å². The Bertz CT molecular complexity index is 504. The number of benzene rings is 1. The summed E-state index contributed by atoms with van der Waals surface area (Å²) < 4.78 is 0. The van der Waals surface area contributed by atoms with Crippen LogP contribution in [-0.2, 0) is 0 Å². The number of aliphatic hydroxyl groups excluding tert-OH is 2. The number of aryl methyl sites for hydroxylation is 1. The van der Waals surface area contributed by atoms with E-state index in [2.05, 4.69) is 0 Å². The molecule has 0 saturated carbocycles. The normalized spacial score (nSPS) is 22.3. The average molecular weight is 228 g/mol. The number of hydrogen-bond donors (Lipinski definition) is 2. The highest BCUT2D eigenvalue weighted by molar-refractivity contribution is 5.71. The lowest BCUT2D eigenvalue weighted by atomic mass is 9.94. The van der Waals surface area contributed by atoms with E-state index in [1.165, 1.54) is 11.6 Å². The fourth-order valence-electron chi connectivity index (χ4n) is 1.89. The first kappa shape index (κ1) is 11.7. The van der Waals surface area contributed by atoms with Crippen LogP contribution in [0.4, 0.5) is 0 Å². The number of hydrogen-bond acceptors (Lipinski definition) is 2. The average Bonchev–Trinajstić information content (AvgIpc) is 2.32. The van der Waals surface area contributed by atoms with Gasteiger partial charge in [-0.15, -0.1) is 0 Å². The fraction of sp³-hybridized carbons (Fsp3) is 0.200. The van der Waals surface area contributed by atoms with Crippen LogP contribution in [0.3, 0.4) is 0 Å². The Kier molecular flexibility index (Phi) is 3.16. The lowest BCUT2D eigenvalue weighted by Crippen LogP contribution is -2.10. The van der Waals surface area contributed by atoms with E-state index < -0.39 is 6.10 Å². The van der Waals surface area contributed by atoms with Crippen molar-refractivity contribution in [3.63, 3.8) is 0 Å². The molecule has 1 aliphatic rings. The van der Waals surface area contributed by atoms with Crippen LogP contribution >= 0.6 is 0 Å². The zero-order chi connectivity index (χ0) is 12.4. The zero-order valence-electron chi connectivity index (χ0n) is 10.0. The van der Waals surface area contributed by atoms with Gasteiger partial charge in [0.2, 0.25) is 0 Å². The number of aliphatic hydroxyl groups is 2. The summed E-state index contributed by atoms with van der Waals surface area (Å²) in [6.07, 6.45) is 4.06. The van der Waals surface area contributed by atoms with Crippen molar-refractivity contribution in [3.05, 3.63) is 65.0 Å². The summed E-state index contributed by atoms with van der Waals surface area (Å²) in [4.78, 5) is 0. The minimum atomic E-state index is -0.646. The van der Waals surface area contributed by atoms with Gasteiger partial charge in [0.05, 0.1) is 6.10 Å². The molecule has 1 aliphatic carbocycles. The standard InChI is InChI=1S/C15H16O2/c1-10-3-5-12(6-4-10)11(2)14-9-13(16)7-8-15(14)17/h3-9,15-17H,1-2H3. The maximum absolute atomic E-state index is 9.87. The molecule has 0 amide bonds. The van der Waals surface area contributed by atoms with E-state index in [0.717, 1.165) is 16.7 Å². The third-order valence-corrected chi connectivity index (χ3v) is 2.99. The second-order valence-electron chi connectivity index (χ2n) is 4.32. The maximum Gasteiger partial charge on any atom is 0.115 e. The van der Waals surface area contributed by atoms with E-state index in [4.69, 9.17) is 0 Å². The predicted molar refractivity (Wildman–Crippen MR) is 69.6 cm³/mol. The fourth-order valence-corrected chi connectivity index (χ4v) is 1.89. The quantitative estimate of drug-likeness (QED) is 0.775. The molecular weight excluding hydrogens is 212 g/mol. The molecule has 0 fully saturated rings. The molecule has 1 aromatic carbocycles.